The second-order valence-corrected chi connectivity index (χ2v) is 8.19. The van der Waals surface area contributed by atoms with Gasteiger partial charge in [0.25, 0.3) is 0 Å². The lowest BCUT2D eigenvalue weighted by atomic mass is 9.91. The number of phenols is 1. The number of anilines is 1. The minimum atomic E-state index is -0.266. The van der Waals surface area contributed by atoms with E-state index >= 15 is 0 Å². The van der Waals surface area contributed by atoms with Crippen LogP contribution < -0.4 is 5.32 Å². The fourth-order valence-electron chi connectivity index (χ4n) is 4.05. The fourth-order valence-corrected chi connectivity index (χ4v) is 4.05. The molecule has 6 heteroatoms. The van der Waals surface area contributed by atoms with Gasteiger partial charge in [-0.05, 0) is 65.9 Å². The molecule has 168 valence electrons. The number of rotatable bonds is 5. The molecule has 34 heavy (non-hydrogen) atoms. The van der Waals surface area contributed by atoms with Crippen LogP contribution in [0.25, 0.3) is 23.4 Å². The van der Waals surface area contributed by atoms with Crippen LogP contribution in [0.1, 0.15) is 28.1 Å². The summed E-state index contributed by atoms with van der Waals surface area (Å²) < 4.78 is 13.8. The molecule has 1 aliphatic carbocycles. The Morgan fingerprint density at radius 3 is 2.56 bits per heavy atom. The lowest BCUT2D eigenvalue weighted by Gasteiger charge is -2.20. The van der Waals surface area contributed by atoms with E-state index in [1.165, 1.54) is 6.07 Å². The number of carbonyl (C=O) groups excluding carboxylic acids is 1. The summed E-state index contributed by atoms with van der Waals surface area (Å²) in [6.07, 6.45) is 5.16. The van der Waals surface area contributed by atoms with E-state index in [2.05, 4.69) is 5.32 Å². The van der Waals surface area contributed by atoms with Crippen LogP contribution in [0.3, 0.4) is 0 Å². The first-order valence-corrected chi connectivity index (χ1v) is 11.1. The SMILES string of the molecule is O=C(Cc1ccc(O)cc1)Nc1nc2c(nc1/C=C/c1ccccc1)-c1ccc(F)cc1CC2. The highest BCUT2D eigenvalue weighted by molar-refractivity contribution is 5.94. The van der Waals surface area contributed by atoms with Gasteiger partial charge in [0.15, 0.2) is 5.82 Å². The summed E-state index contributed by atoms with van der Waals surface area (Å²) in [5.74, 6) is 0.0449. The first-order chi connectivity index (χ1) is 16.5. The van der Waals surface area contributed by atoms with Crippen molar-refractivity contribution in [3.05, 3.63) is 107 Å². The predicted octanol–water partition coefficient (Wildman–Crippen LogP) is 5.44. The van der Waals surface area contributed by atoms with Crippen molar-refractivity contribution in [3.63, 3.8) is 0 Å². The van der Waals surface area contributed by atoms with Gasteiger partial charge < -0.3 is 10.4 Å². The number of halogens is 1. The zero-order chi connectivity index (χ0) is 23.5. The predicted molar refractivity (Wildman–Crippen MR) is 131 cm³/mol. The maximum atomic E-state index is 13.8. The van der Waals surface area contributed by atoms with Gasteiger partial charge in [0.1, 0.15) is 17.3 Å². The first-order valence-electron chi connectivity index (χ1n) is 11.1. The Morgan fingerprint density at radius 2 is 1.76 bits per heavy atom. The molecule has 0 unspecified atom stereocenters. The van der Waals surface area contributed by atoms with Gasteiger partial charge in [0.2, 0.25) is 5.91 Å². The summed E-state index contributed by atoms with van der Waals surface area (Å²) in [6, 6.07) is 21.0. The van der Waals surface area contributed by atoms with Gasteiger partial charge in [-0.2, -0.15) is 0 Å². The van der Waals surface area contributed by atoms with Gasteiger partial charge in [0.05, 0.1) is 17.8 Å². The van der Waals surface area contributed by atoms with E-state index in [1.54, 1.807) is 36.4 Å². The summed E-state index contributed by atoms with van der Waals surface area (Å²) in [5, 5.41) is 12.4. The van der Waals surface area contributed by atoms with E-state index in [4.69, 9.17) is 9.97 Å². The molecule has 0 fully saturated rings. The molecule has 1 amide bonds. The summed E-state index contributed by atoms with van der Waals surface area (Å²) in [4.78, 5) is 22.4. The van der Waals surface area contributed by atoms with E-state index in [9.17, 15) is 14.3 Å². The smallest absolute Gasteiger partial charge is 0.230 e. The Hall–Kier alpha value is -4.32. The number of aryl methyl sites for hydroxylation is 2. The highest BCUT2D eigenvalue weighted by Crippen LogP contribution is 2.33. The van der Waals surface area contributed by atoms with Crippen LogP contribution in [-0.2, 0) is 24.1 Å². The first kappa shape index (κ1) is 21.5. The third kappa shape index (κ3) is 4.71. The molecule has 1 aromatic heterocycles. The van der Waals surface area contributed by atoms with Crippen LogP contribution in [0.2, 0.25) is 0 Å². The molecule has 0 aliphatic heterocycles. The molecule has 1 aliphatic rings. The highest BCUT2D eigenvalue weighted by Gasteiger charge is 2.22. The number of hydrogen-bond donors (Lipinski definition) is 2. The van der Waals surface area contributed by atoms with Crippen LogP contribution in [0.4, 0.5) is 10.2 Å². The standard InChI is InChI=1S/C28H22FN3O2/c29-21-10-13-23-20(17-21)9-15-24-27(23)30-25(14-8-18-4-2-1-3-5-18)28(31-24)32-26(34)16-19-6-11-22(33)12-7-19/h1-8,10-14,17,33H,9,15-16H2,(H,31,32,34)/b14-8+. The van der Waals surface area contributed by atoms with E-state index in [1.807, 2.05) is 42.5 Å². The summed E-state index contributed by atoms with van der Waals surface area (Å²) in [6.45, 7) is 0. The van der Waals surface area contributed by atoms with Gasteiger partial charge in [-0.1, -0.05) is 48.5 Å². The van der Waals surface area contributed by atoms with Gasteiger partial charge in [0, 0.05) is 5.56 Å². The molecule has 0 atom stereocenters. The van der Waals surface area contributed by atoms with Crippen molar-refractivity contribution in [2.75, 3.05) is 5.32 Å². The minimum Gasteiger partial charge on any atom is -0.508 e. The van der Waals surface area contributed by atoms with E-state index < -0.39 is 0 Å². The number of nitrogens with zero attached hydrogens (tertiary/aromatic N) is 2. The Kier molecular flexibility index (Phi) is 5.87. The Bertz CT molecular complexity index is 1380. The summed E-state index contributed by atoms with van der Waals surface area (Å²) in [7, 11) is 0. The van der Waals surface area contributed by atoms with Crippen molar-refractivity contribution in [1.82, 2.24) is 9.97 Å². The molecule has 0 saturated heterocycles. The molecule has 0 bridgehead atoms. The normalized spacial score (nSPS) is 12.3. The molecule has 1 heterocycles. The number of aromatic hydroxyl groups is 1. The Labute approximate surface area is 196 Å². The van der Waals surface area contributed by atoms with Gasteiger partial charge >= 0.3 is 0 Å². The zero-order valence-electron chi connectivity index (χ0n) is 18.3. The highest BCUT2D eigenvalue weighted by atomic mass is 19.1. The Morgan fingerprint density at radius 1 is 0.971 bits per heavy atom. The average molecular weight is 452 g/mol. The number of phenolic OH excluding ortho intramolecular Hbond substituents is 1. The fraction of sp³-hybridized carbons (Fsp3) is 0.107. The minimum absolute atomic E-state index is 0.142. The summed E-state index contributed by atoms with van der Waals surface area (Å²) in [5.41, 5.74) is 5.56. The van der Waals surface area contributed by atoms with Crippen LogP contribution in [0, 0.1) is 5.82 Å². The molecule has 5 rings (SSSR count). The van der Waals surface area contributed by atoms with Crippen LogP contribution in [0.5, 0.6) is 5.75 Å². The van der Waals surface area contributed by atoms with Crippen LogP contribution in [0.15, 0.2) is 72.8 Å². The number of hydrogen-bond acceptors (Lipinski definition) is 4. The molecule has 2 N–H and O–H groups in total. The number of benzene rings is 3. The number of nitrogens with one attached hydrogen (secondary N) is 1. The molecule has 5 nitrogen and oxygen atoms in total. The van der Waals surface area contributed by atoms with Crippen molar-refractivity contribution < 1.29 is 14.3 Å². The van der Waals surface area contributed by atoms with Crippen molar-refractivity contribution in [2.24, 2.45) is 0 Å². The maximum Gasteiger partial charge on any atom is 0.230 e. The average Bonchev–Trinajstić information content (AvgIpc) is 2.84. The molecule has 3 aromatic carbocycles. The lowest BCUT2D eigenvalue weighted by molar-refractivity contribution is -0.115. The molecule has 0 radical (unpaired) electrons. The topological polar surface area (TPSA) is 75.1 Å². The van der Waals surface area contributed by atoms with E-state index in [0.29, 0.717) is 30.0 Å². The van der Waals surface area contributed by atoms with Gasteiger partial charge in [-0.25, -0.2) is 14.4 Å². The molecule has 0 spiro atoms. The largest absolute Gasteiger partial charge is 0.508 e. The Balaban J connectivity index is 1.50. The molecular formula is C28H22FN3O2. The maximum absolute atomic E-state index is 13.8. The molecular weight excluding hydrogens is 429 g/mol. The van der Waals surface area contributed by atoms with Crippen molar-refractivity contribution >= 4 is 23.9 Å². The van der Waals surface area contributed by atoms with Gasteiger partial charge in [-0.15, -0.1) is 0 Å². The number of carbonyl (C=O) groups is 1. The van der Waals surface area contributed by atoms with Gasteiger partial charge in [-0.3, -0.25) is 4.79 Å². The number of aromatic nitrogens is 2. The summed E-state index contributed by atoms with van der Waals surface area (Å²) >= 11 is 0. The van der Waals surface area contributed by atoms with Crippen LogP contribution in [-0.4, -0.2) is 21.0 Å². The van der Waals surface area contributed by atoms with E-state index in [-0.39, 0.29) is 23.9 Å². The quantitative estimate of drug-likeness (QED) is 0.424. The van der Waals surface area contributed by atoms with Crippen molar-refractivity contribution in [1.29, 1.82) is 0 Å². The lowest BCUT2D eigenvalue weighted by Crippen LogP contribution is -2.19. The second kappa shape index (κ2) is 9.27. The van der Waals surface area contributed by atoms with Crippen molar-refractivity contribution in [2.45, 2.75) is 19.3 Å². The number of amides is 1. The third-order valence-corrected chi connectivity index (χ3v) is 5.74. The zero-order valence-corrected chi connectivity index (χ0v) is 18.3. The van der Waals surface area contributed by atoms with E-state index in [0.717, 1.165) is 27.9 Å². The van der Waals surface area contributed by atoms with Crippen molar-refractivity contribution in [3.8, 4) is 17.0 Å². The van der Waals surface area contributed by atoms with Crippen LogP contribution >= 0.6 is 0 Å². The third-order valence-electron chi connectivity index (χ3n) is 5.74. The molecule has 0 saturated carbocycles. The molecule has 4 aromatic rings. The second-order valence-electron chi connectivity index (χ2n) is 8.19. The monoisotopic (exact) mass is 451 g/mol. The number of fused-ring (bicyclic) bond motifs is 3.